The van der Waals surface area contributed by atoms with Crippen LogP contribution in [0.2, 0.25) is 0 Å². The molecule has 0 aromatic heterocycles. The summed E-state index contributed by atoms with van der Waals surface area (Å²) in [5, 5.41) is 0. The Bertz CT molecular complexity index is 313. The third-order valence-electron chi connectivity index (χ3n) is 2.60. The van der Waals surface area contributed by atoms with Crippen molar-refractivity contribution < 1.29 is 4.74 Å². The fourth-order valence-corrected chi connectivity index (χ4v) is 1.79. The third kappa shape index (κ3) is 2.09. The zero-order valence-corrected chi connectivity index (χ0v) is 9.85. The molecule has 1 rings (SSSR count). The molecule has 1 aromatic rings. The molecule has 0 amide bonds. The van der Waals surface area contributed by atoms with Gasteiger partial charge in [0, 0.05) is 0 Å². The van der Waals surface area contributed by atoms with Crippen molar-refractivity contribution in [3.63, 3.8) is 0 Å². The Morgan fingerprint density at radius 1 is 1.29 bits per heavy atom. The minimum Gasteiger partial charge on any atom is -0.496 e. The molecular formula is C13H20O. The number of hydrogen-bond acceptors (Lipinski definition) is 1. The van der Waals surface area contributed by atoms with E-state index in [9.17, 15) is 0 Å². The van der Waals surface area contributed by atoms with Crippen LogP contribution in [-0.2, 0) is 6.42 Å². The van der Waals surface area contributed by atoms with Gasteiger partial charge in [0.25, 0.3) is 0 Å². The van der Waals surface area contributed by atoms with Gasteiger partial charge in [0.1, 0.15) is 5.75 Å². The number of hydrogen-bond donors (Lipinski definition) is 0. The van der Waals surface area contributed by atoms with E-state index < -0.39 is 0 Å². The van der Waals surface area contributed by atoms with Gasteiger partial charge in [-0.05, 0) is 36.0 Å². The molecule has 0 heterocycles. The molecule has 0 aliphatic heterocycles. The Labute approximate surface area is 87.1 Å². The first kappa shape index (κ1) is 11.1. The Hall–Kier alpha value is -0.980. The SMILES string of the molecule is CCc1cc(C)c(OC)c(C(C)C)c1. The fourth-order valence-electron chi connectivity index (χ4n) is 1.79. The summed E-state index contributed by atoms with van der Waals surface area (Å²) >= 11 is 0. The van der Waals surface area contributed by atoms with Crippen LogP contribution in [0.4, 0.5) is 0 Å². The molecule has 78 valence electrons. The second kappa shape index (κ2) is 4.50. The lowest BCUT2D eigenvalue weighted by Gasteiger charge is -2.15. The first-order chi connectivity index (χ1) is 6.60. The van der Waals surface area contributed by atoms with Crippen molar-refractivity contribution in [2.24, 2.45) is 0 Å². The maximum atomic E-state index is 5.44. The molecule has 0 fully saturated rings. The second-order valence-corrected chi connectivity index (χ2v) is 4.04. The first-order valence-electron chi connectivity index (χ1n) is 5.27. The summed E-state index contributed by atoms with van der Waals surface area (Å²) in [5.41, 5.74) is 3.96. The molecule has 0 unspecified atom stereocenters. The van der Waals surface area contributed by atoms with Gasteiger partial charge >= 0.3 is 0 Å². The van der Waals surface area contributed by atoms with Crippen LogP contribution in [0.1, 0.15) is 43.4 Å². The number of ether oxygens (including phenoxy) is 1. The zero-order valence-electron chi connectivity index (χ0n) is 9.85. The molecule has 0 aliphatic carbocycles. The number of rotatable bonds is 3. The Kier molecular flexibility index (Phi) is 3.56. The summed E-state index contributed by atoms with van der Waals surface area (Å²) in [6.07, 6.45) is 1.09. The molecule has 0 aliphatic rings. The number of aryl methyl sites for hydroxylation is 2. The largest absolute Gasteiger partial charge is 0.496 e. The van der Waals surface area contributed by atoms with E-state index in [-0.39, 0.29) is 0 Å². The lowest BCUT2D eigenvalue weighted by molar-refractivity contribution is 0.404. The van der Waals surface area contributed by atoms with E-state index in [1.807, 2.05) is 0 Å². The molecule has 0 N–H and O–H groups in total. The molecule has 0 spiro atoms. The van der Waals surface area contributed by atoms with Gasteiger partial charge in [-0.1, -0.05) is 32.9 Å². The average molecular weight is 192 g/mol. The number of benzene rings is 1. The Balaban J connectivity index is 3.28. The van der Waals surface area contributed by atoms with Crippen molar-refractivity contribution in [2.45, 2.75) is 40.0 Å². The van der Waals surface area contributed by atoms with Gasteiger partial charge in [0.05, 0.1) is 7.11 Å². The zero-order chi connectivity index (χ0) is 10.7. The van der Waals surface area contributed by atoms with Gasteiger partial charge in [0.2, 0.25) is 0 Å². The van der Waals surface area contributed by atoms with Gasteiger partial charge < -0.3 is 4.74 Å². The first-order valence-corrected chi connectivity index (χ1v) is 5.27. The highest BCUT2D eigenvalue weighted by molar-refractivity contribution is 5.45. The lowest BCUT2D eigenvalue weighted by Crippen LogP contribution is -1.98. The highest BCUT2D eigenvalue weighted by Gasteiger charge is 2.10. The van der Waals surface area contributed by atoms with E-state index in [0.717, 1.165) is 12.2 Å². The van der Waals surface area contributed by atoms with E-state index in [4.69, 9.17) is 4.74 Å². The van der Waals surface area contributed by atoms with Crippen molar-refractivity contribution >= 4 is 0 Å². The van der Waals surface area contributed by atoms with Crippen molar-refractivity contribution in [3.8, 4) is 5.75 Å². The van der Waals surface area contributed by atoms with Gasteiger partial charge in [-0.2, -0.15) is 0 Å². The summed E-state index contributed by atoms with van der Waals surface area (Å²) in [6, 6.07) is 4.47. The minimum absolute atomic E-state index is 0.523. The van der Waals surface area contributed by atoms with Crippen LogP contribution >= 0.6 is 0 Å². The molecule has 14 heavy (non-hydrogen) atoms. The molecular weight excluding hydrogens is 172 g/mol. The third-order valence-corrected chi connectivity index (χ3v) is 2.60. The molecule has 0 bridgehead atoms. The minimum atomic E-state index is 0.523. The van der Waals surface area contributed by atoms with E-state index >= 15 is 0 Å². The molecule has 0 radical (unpaired) electrons. The predicted molar refractivity (Wildman–Crippen MR) is 61.2 cm³/mol. The smallest absolute Gasteiger partial charge is 0.125 e. The predicted octanol–water partition coefficient (Wildman–Crippen LogP) is 3.69. The fraction of sp³-hybridized carbons (Fsp3) is 0.538. The van der Waals surface area contributed by atoms with E-state index in [1.165, 1.54) is 16.7 Å². The van der Waals surface area contributed by atoms with Crippen LogP contribution in [0.25, 0.3) is 0 Å². The topological polar surface area (TPSA) is 9.23 Å². The van der Waals surface area contributed by atoms with Crippen LogP contribution in [0.15, 0.2) is 12.1 Å². The van der Waals surface area contributed by atoms with Crippen molar-refractivity contribution in [3.05, 3.63) is 28.8 Å². The summed E-state index contributed by atoms with van der Waals surface area (Å²) in [6.45, 7) is 8.71. The monoisotopic (exact) mass is 192 g/mol. The number of methoxy groups -OCH3 is 1. The standard InChI is InChI=1S/C13H20O/c1-6-11-7-10(4)13(14-5)12(8-11)9(2)3/h7-9H,6H2,1-5H3. The molecule has 1 nitrogen and oxygen atoms in total. The quantitative estimate of drug-likeness (QED) is 0.709. The average Bonchev–Trinajstić information content (AvgIpc) is 2.16. The van der Waals surface area contributed by atoms with Gasteiger partial charge in [-0.15, -0.1) is 0 Å². The highest BCUT2D eigenvalue weighted by Crippen LogP contribution is 2.31. The van der Waals surface area contributed by atoms with Gasteiger partial charge in [-0.3, -0.25) is 0 Å². The summed E-state index contributed by atoms with van der Waals surface area (Å²) in [7, 11) is 1.75. The summed E-state index contributed by atoms with van der Waals surface area (Å²) in [5.74, 6) is 1.58. The Morgan fingerprint density at radius 3 is 2.36 bits per heavy atom. The highest BCUT2D eigenvalue weighted by atomic mass is 16.5. The van der Waals surface area contributed by atoms with Crippen molar-refractivity contribution in [2.75, 3.05) is 7.11 Å². The van der Waals surface area contributed by atoms with Crippen LogP contribution in [0.3, 0.4) is 0 Å². The van der Waals surface area contributed by atoms with Crippen LogP contribution in [0, 0.1) is 6.92 Å². The normalized spacial score (nSPS) is 10.7. The molecule has 1 aromatic carbocycles. The van der Waals surface area contributed by atoms with Crippen molar-refractivity contribution in [1.82, 2.24) is 0 Å². The van der Waals surface area contributed by atoms with E-state index in [1.54, 1.807) is 7.11 Å². The van der Waals surface area contributed by atoms with Crippen LogP contribution in [0.5, 0.6) is 5.75 Å². The van der Waals surface area contributed by atoms with E-state index in [0.29, 0.717) is 5.92 Å². The second-order valence-electron chi connectivity index (χ2n) is 4.04. The molecule has 0 saturated carbocycles. The van der Waals surface area contributed by atoms with Gasteiger partial charge in [-0.25, -0.2) is 0 Å². The maximum Gasteiger partial charge on any atom is 0.125 e. The van der Waals surface area contributed by atoms with Gasteiger partial charge in [0.15, 0.2) is 0 Å². The maximum absolute atomic E-state index is 5.44. The molecule has 0 atom stereocenters. The molecule has 0 saturated heterocycles. The lowest BCUT2D eigenvalue weighted by atomic mass is 9.96. The molecule has 1 heteroatoms. The van der Waals surface area contributed by atoms with Crippen LogP contribution < -0.4 is 4.74 Å². The summed E-state index contributed by atoms with van der Waals surface area (Å²) < 4.78 is 5.44. The Morgan fingerprint density at radius 2 is 1.93 bits per heavy atom. The van der Waals surface area contributed by atoms with E-state index in [2.05, 4.69) is 39.8 Å². The summed E-state index contributed by atoms with van der Waals surface area (Å²) in [4.78, 5) is 0. The van der Waals surface area contributed by atoms with Crippen molar-refractivity contribution in [1.29, 1.82) is 0 Å². The van der Waals surface area contributed by atoms with Crippen LogP contribution in [-0.4, -0.2) is 7.11 Å².